The molecular formula is C20H24F2N2O2. The second-order valence-corrected chi connectivity index (χ2v) is 8.91. The van der Waals surface area contributed by atoms with Crippen molar-refractivity contribution in [3.63, 3.8) is 0 Å². The number of carbonyl (C=O) groups is 1. The Morgan fingerprint density at radius 2 is 2.08 bits per heavy atom. The van der Waals surface area contributed by atoms with E-state index in [9.17, 15) is 18.7 Å². The van der Waals surface area contributed by atoms with Crippen LogP contribution in [0.25, 0.3) is 0 Å². The second-order valence-electron chi connectivity index (χ2n) is 8.91. The van der Waals surface area contributed by atoms with E-state index in [1.54, 1.807) is 0 Å². The zero-order valence-corrected chi connectivity index (χ0v) is 14.8. The van der Waals surface area contributed by atoms with E-state index in [1.165, 1.54) is 12.1 Å². The Balaban J connectivity index is 1.57. The van der Waals surface area contributed by atoms with E-state index in [1.807, 2.05) is 11.8 Å². The molecule has 0 radical (unpaired) electrons. The molecule has 0 spiro atoms. The maximum absolute atomic E-state index is 14.6. The van der Waals surface area contributed by atoms with Crippen LogP contribution in [-0.2, 0) is 0 Å². The van der Waals surface area contributed by atoms with E-state index >= 15 is 0 Å². The highest BCUT2D eigenvalue weighted by molar-refractivity contribution is 5.77. The lowest BCUT2D eigenvalue weighted by molar-refractivity contribution is -0.170. The van der Waals surface area contributed by atoms with Crippen molar-refractivity contribution < 1.29 is 18.7 Å². The van der Waals surface area contributed by atoms with Crippen LogP contribution in [0.3, 0.4) is 0 Å². The second kappa shape index (κ2) is 5.41. The van der Waals surface area contributed by atoms with Gasteiger partial charge in [-0.05, 0) is 62.0 Å². The summed E-state index contributed by atoms with van der Waals surface area (Å²) >= 11 is 0. The van der Waals surface area contributed by atoms with E-state index in [0.717, 1.165) is 18.9 Å². The highest BCUT2D eigenvalue weighted by atomic mass is 19.1. The number of benzene rings is 1. The number of amides is 2. The summed E-state index contributed by atoms with van der Waals surface area (Å²) in [5.41, 5.74) is -0.552. The van der Waals surface area contributed by atoms with Crippen LogP contribution in [-0.4, -0.2) is 40.3 Å². The Morgan fingerprint density at radius 3 is 2.77 bits per heavy atom. The van der Waals surface area contributed by atoms with Gasteiger partial charge in [-0.1, -0.05) is 6.07 Å². The first-order valence-electron chi connectivity index (χ1n) is 9.60. The van der Waals surface area contributed by atoms with E-state index in [4.69, 9.17) is 0 Å². The molecule has 6 rings (SSSR count). The van der Waals surface area contributed by atoms with E-state index in [-0.39, 0.29) is 35.9 Å². The molecule has 2 N–H and O–H groups in total. The summed E-state index contributed by atoms with van der Waals surface area (Å²) in [5.74, 6) is -0.872. The van der Waals surface area contributed by atoms with Crippen LogP contribution in [0.4, 0.5) is 13.6 Å². The zero-order chi connectivity index (χ0) is 18.2. The molecule has 1 aliphatic heterocycles. The third kappa shape index (κ3) is 2.24. The predicted molar refractivity (Wildman–Crippen MR) is 91.5 cm³/mol. The van der Waals surface area contributed by atoms with Gasteiger partial charge in [0, 0.05) is 30.6 Å². The molecule has 1 heterocycles. The van der Waals surface area contributed by atoms with Crippen LogP contribution in [0.2, 0.25) is 0 Å². The van der Waals surface area contributed by atoms with Crippen molar-refractivity contribution in [3.05, 3.63) is 35.4 Å². The Bertz CT molecular complexity index is 772. The van der Waals surface area contributed by atoms with E-state index in [0.29, 0.717) is 30.9 Å². The highest BCUT2D eigenvalue weighted by Crippen LogP contribution is 2.63. The van der Waals surface area contributed by atoms with Crippen molar-refractivity contribution in [2.45, 2.75) is 56.2 Å². The molecule has 26 heavy (non-hydrogen) atoms. The molecule has 1 aromatic carbocycles. The van der Waals surface area contributed by atoms with Gasteiger partial charge in [-0.15, -0.1) is 0 Å². The van der Waals surface area contributed by atoms with Crippen molar-refractivity contribution in [2.75, 3.05) is 6.54 Å². The van der Waals surface area contributed by atoms with Crippen molar-refractivity contribution in [3.8, 4) is 0 Å². The van der Waals surface area contributed by atoms with Crippen molar-refractivity contribution in [2.24, 2.45) is 17.8 Å². The molecule has 7 unspecified atom stereocenters. The fourth-order valence-electron chi connectivity index (χ4n) is 6.67. The van der Waals surface area contributed by atoms with Crippen LogP contribution in [0, 0.1) is 29.4 Å². The summed E-state index contributed by atoms with van der Waals surface area (Å²) in [7, 11) is 0. The van der Waals surface area contributed by atoms with Gasteiger partial charge in [0.15, 0.2) is 0 Å². The van der Waals surface area contributed by atoms with Crippen LogP contribution in [0.1, 0.15) is 44.1 Å². The van der Waals surface area contributed by atoms with Gasteiger partial charge in [-0.25, -0.2) is 13.6 Å². The average molecular weight is 362 g/mol. The highest BCUT2D eigenvalue weighted by Gasteiger charge is 2.63. The largest absolute Gasteiger partial charge is 0.389 e. The third-order valence-corrected chi connectivity index (χ3v) is 7.19. The first-order valence-corrected chi connectivity index (χ1v) is 9.60. The molecule has 4 aliphatic carbocycles. The minimum absolute atomic E-state index is 0.0160. The molecule has 2 amide bonds. The molecule has 4 bridgehead atoms. The lowest BCUT2D eigenvalue weighted by Crippen LogP contribution is -2.65. The van der Waals surface area contributed by atoms with E-state index < -0.39 is 17.2 Å². The number of rotatable bonds is 2. The maximum atomic E-state index is 14.6. The van der Waals surface area contributed by atoms with Gasteiger partial charge in [-0.2, -0.15) is 0 Å². The maximum Gasteiger partial charge on any atom is 0.318 e. The van der Waals surface area contributed by atoms with Gasteiger partial charge >= 0.3 is 6.03 Å². The SMILES string of the molecule is CC1CN(C2C3CC4CC2C(c2ccc(F)cc2F)C(O)(C4)C3)C(=O)N1. The van der Waals surface area contributed by atoms with Crippen LogP contribution in [0.5, 0.6) is 0 Å². The molecule has 5 fully saturated rings. The number of hydrogen-bond donors (Lipinski definition) is 2. The molecule has 5 aliphatic rings. The Morgan fingerprint density at radius 1 is 1.27 bits per heavy atom. The molecule has 140 valence electrons. The smallest absolute Gasteiger partial charge is 0.318 e. The summed E-state index contributed by atoms with van der Waals surface area (Å²) < 4.78 is 28.0. The molecule has 4 nitrogen and oxygen atoms in total. The molecule has 1 aromatic rings. The average Bonchev–Trinajstić information content (AvgIpc) is 2.86. The Hall–Kier alpha value is -1.69. The summed E-state index contributed by atoms with van der Waals surface area (Å²) in [6.45, 7) is 2.64. The monoisotopic (exact) mass is 362 g/mol. The van der Waals surface area contributed by atoms with Crippen LogP contribution < -0.4 is 5.32 Å². The Labute approximate surface area is 151 Å². The number of carbonyl (C=O) groups excluding carboxylic acids is 1. The van der Waals surface area contributed by atoms with Crippen molar-refractivity contribution in [1.82, 2.24) is 10.2 Å². The number of aliphatic hydroxyl groups is 1. The molecule has 0 aromatic heterocycles. The first-order chi connectivity index (χ1) is 12.4. The van der Waals surface area contributed by atoms with Gasteiger partial charge in [0.05, 0.1) is 5.60 Å². The molecule has 7 atom stereocenters. The minimum Gasteiger partial charge on any atom is -0.389 e. The molecule has 4 saturated carbocycles. The molecule has 6 heteroatoms. The first kappa shape index (κ1) is 16.5. The fraction of sp³-hybridized carbons (Fsp3) is 0.650. The summed E-state index contributed by atoms with van der Waals surface area (Å²) in [6.07, 6.45) is 3.19. The lowest BCUT2D eigenvalue weighted by atomic mass is 9.46. The van der Waals surface area contributed by atoms with Gasteiger partial charge in [0.1, 0.15) is 11.6 Å². The van der Waals surface area contributed by atoms with Gasteiger partial charge in [0.25, 0.3) is 0 Å². The molecule has 1 saturated heterocycles. The quantitative estimate of drug-likeness (QED) is 0.850. The Kier molecular flexibility index (Phi) is 3.43. The van der Waals surface area contributed by atoms with Crippen molar-refractivity contribution >= 4 is 6.03 Å². The van der Waals surface area contributed by atoms with Crippen molar-refractivity contribution in [1.29, 1.82) is 0 Å². The van der Waals surface area contributed by atoms with Crippen LogP contribution in [0.15, 0.2) is 18.2 Å². The number of halogens is 2. The number of hydrogen-bond acceptors (Lipinski definition) is 2. The third-order valence-electron chi connectivity index (χ3n) is 7.19. The van der Waals surface area contributed by atoms with Gasteiger partial charge in [0.2, 0.25) is 0 Å². The van der Waals surface area contributed by atoms with Gasteiger partial charge in [-0.3, -0.25) is 0 Å². The number of nitrogens with zero attached hydrogens (tertiary/aromatic N) is 1. The summed E-state index contributed by atoms with van der Waals surface area (Å²) in [6, 6.07) is 3.73. The lowest BCUT2D eigenvalue weighted by Gasteiger charge is -2.63. The topological polar surface area (TPSA) is 52.6 Å². The van der Waals surface area contributed by atoms with Gasteiger partial charge < -0.3 is 15.3 Å². The number of urea groups is 1. The predicted octanol–water partition coefficient (Wildman–Crippen LogP) is 3.01. The minimum atomic E-state index is -0.951. The summed E-state index contributed by atoms with van der Waals surface area (Å²) in [4.78, 5) is 14.4. The normalized spacial score (nSPS) is 43.8. The summed E-state index contributed by atoms with van der Waals surface area (Å²) in [5, 5.41) is 14.4. The zero-order valence-electron chi connectivity index (χ0n) is 14.8. The standard InChI is InChI=1S/C20H24F2N2O2/c1-10-9-24(19(25)23-10)18-12-4-11-5-15(18)17(20(26,7-11)8-12)14-3-2-13(21)6-16(14)22/h2-3,6,10-12,15,17-18,26H,4-5,7-9H2,1H3,(H,23,25). The van der Waals surface area contributed by atoms with Crippen LogP contribution >= 0.6 is 0 Å². The van der Waals surface area contributed by atoms with E-state index in [2.05, 4.69) is 5.32 Å². The molecular weight excluding hydrogens is 338 g/mol. The number of nitrogens with one attached hydrogen (secondary N) is 1. The fourth-order valence-corrected chi connectivity index (χ4v) is 6.67.